The molecule has 0 bridgehead atoms. The minimum absolute atomic E-state index is 0.159. The fourth-order valence-corrected chi connectivity index (χ4v) is 2.91. The number of aromatic nitrogens is 2. The molecule has 0 saturated heterocycles. The SMILES string of the molecule is CC(=O)Nc1cccc(Nc2ncc(C(N)=O)c(NCC(C)c3ccccc3)n2)c1. The van der Waals surface area contributed by atoms with Crippen LogP contribution in [0.15, 0.2) is 60.8 Å². The summed E-state index contributed by atoms with van der Waals surface area (Å²) < 4.78 is 0. The maximum absolute atomic E-state index is 11.8. The molecule has 1 heterocycles. The zero-order chi connectivity index (χ0) is 21.5. The Morgan fingerprint density at radius 3 is 2.50 bits per heavy atom. The number of benzene rings is 2. The van der Waals surface area contributed by atoms with Gasteiger partial charge in [0.2, 0.25) is 11.9 Å². The molecule has 8 heteroatoms. The molecule has 0 fully saturated rings. The van der Waals surface area contributed by atoms with Gasteiger partial charge in [-0.25, -0.2) is 4.98 Å². The van der Waals surface area contributed by atoms with E-state index in [1.165, 1.54) is 18.7 Å². The summed E-state index contributed by atoms with van der Waals surface area (Å²) in [5.74, 6) is 0.0978. The fourth-order valence-electron chi connectivity index (χ4n) is 2.91. The minimum atomic E-state index is -0.607. The van der Waals surface area contributed by atoms with Gasteiger partial charge in [0.25, 0.3) is 5.91 Å². The molecule has 1 aromatic heterocycles. The third-order valence-electron chi connectivity index (χ3n) is 4.44. The molecule has 5 N–H and O–H groups in total. The number of nitrogens with one attached hydrogen (secondary N) is 3. The lowest BCUT2D eigenvalue weighted by molar-refractivity contribution is -0.114. The minimum Gasteiger partial charge on any atom is -0.369 e. The Labute approximate surface area is 174 Å². The van der Waals surface area contributed by atoms with Crippen LogP contribution < -0.4 is 21.7 Å². The molecule has 8 nitrogen and oxygen atoms in total. The van der Waals surface area contributed by atoms with E-state index in [2.05, 4.69) is 45.0 Å². The maximum atomic E-state index is 11.8. The maximum Gasteiger partial charge on any atom is 0.254 e. The van der Waals surface area contributed by atoms with Gasteiger partial charge in [-0.3, -0.25) is 9.59 Å². The number of nitrogens with zero attached hydrogens (tertiary/aromatic N) is 2. The van der Waals surface area contributed by atoms with Gasteiger partial charge in [-0.2, -0.15) is 4.98 Å². The van der Waals surface area contributed by atoms with Crippen LogP contribution in [-0.2, 0) is 4.79 Å². The molecule has 1 unspecified atom stereocenters. The molecule has 0 saturated carbocycles. The van der Waals surface area contributed by atoms with Crippen molar-refractivity contribution < 1.29 is 9.59 Å². The van der Waals surface area contributed by atoms with E-state index in [1.807, 2.05) is 24.3 Å². The van der Waals surface area contributed by atoms with E-state index in [-0.39, 0.29) is 17.4 Å². The number of carbonyl (C=O) groups excluding carboxylic acids is 2. The van der Waals surface area contributed by atoms with E-state index in [9.17, 15) is 9.59 Å². The van der Waals surface area contributed by atoms with Gasteiger partial charge in [-0.05, 0) is 29.7 Å². The van der Waals surface area contributed by atoms with Crippen LogP contribution in [0.2, 0.25) is 0 Å². The van der Waals surface area contributed by atoms with Crippen molar-refractivity contribution in [3.8, 4) is 0 Å². The van der Waals surface area contributed by atoms with Crippen molar-refractivity contribution in [1.82, 2.24) is 9.97 Å². The quantitative estimate of drug-likeness (QED) is 0.456. The molecule has 154 valence electrons. The third-order valence-corrected chi connectivity index (χ3v) is 4.44. The van der Waals surface area contributed by atoms with Gasteiger partial charge in [0.15, 0.2) is 0 Å². The van der Waals surface area contributed by atoms with E-state index in [4.69, 9.17) is 5.73 Å². The Balaban J connectivity index is 1.77. The van der Waals surface area contributed by atoms with Crippen LogP contribution >= 0.6 is 0 Å². The molecule has 0 spiro atoms. The van der Waals surface area contributed by atoms with Crippen LogP contribution in [0, 0.1) is 0 Å². The number of carbonyl (C=O) groups is 2. The molecule has 0 radical (unpaired) electrons. The summed E-state index contributed by atoms with van der Waals surface area (Å²) in [6.45, 7) is 4.10. The van der Waals surface area contributed by atoms with Crippen molar-refractivity contribution in [3.05, 3.63) is 71.9 Å². The molecule has 3 rings (SSSR count). The van der Waals surface area contributed by atoms with Crippen molar-refractivity contribution in [1.29, 1.82) is 0 Å². The van der Waals surface area contributed by atoms with Crippen LogP contribution in [0.25, 0.3) is 0 Å². The molecule has 0 aliphatic carbocycles. The zero-order valence-corrected chi connectivity index (χ0v) is 16.8. The molecule has 3 aromatic rings. The summed E-state index contributed by atoms with van der Waals surface area (Å²) in [6.07, 6.45) is 1.39. The fraction of sp³-hybridized carbons (Fsp3) is 0.182. The van der Waals surface area contributed by atoms with Crippen molar-refractivity contribution in [2.24, 2.45) is 5.73 Å². The van der Waals surface area contributed by atoms with E-state index < -0.39 is 5.91 Å². The standard InChI is InChI=1S/C22H24N6O2/c1-14(16-7-4-3-5-8-16)12-24-21-19(20(23)30)13-25-22(28-21)27-18-10-6-9-17(11-18)26-15(2)29/h3-11,13-14H,12H2,1-2H3,(H2,23,30)(H,26,29)(H2,24,25,27,28). The van der Waals surface area contributed by atoms with E-state index in [0.29, 0.717) is 29.7 Å². The predicted octanol–water partition coefficient (Wildman–Crippen LogP) is 3.49. The second kappa shape index (κ2) is 9.51. The van der Waals surface area contributed by atoms with Crippen molar-refractivity contribution in [2.75, 3.05) is 22.5 Å². The summed E-state index contributed by atoms with van der Waals surface area (Å²) in [5, 5.41) is 9.01. The number of hydrogen-bond donors (Lipinski definition) is 4. The lowest BCUT2D eigenvalue weighted by Crippen LogP contribution is -2.19. The number of primary amides is 1. The van der Waals surface area contributed by atoms with E-state index in [1.54, 1.807) is 18.2 Å². The zero-order valence-electron chi connectivity index (χ0n) is 16.8. The monoisotopic (exact) mass is 404 g/mol. The first kappa shape index (κ1) is 20.8. The first-order chi connectivity index (χ1) is 14.4. The van der Waals surface area contributed by atoms with Gasteiger partial charge in [0.05, 0.1) is 5.56 Å². The second-order valence-corrected chi connectivity index (χ2v) is 6.90. The highest BCUT2D eigenvalue weighted by Gasteiger charge is 2.14. The van der Waals surface area contributed by atoms with Crippen LogP contribution in [0.4, 0.5) is 23.1 Å². The van der Waals surface area contributed by atoms with Crippen molar-refractivity contribution >= 4 is 35.0 Å². The number of nitrogens with two attached hydrogens (primary N) is 1. The normalized spacial score (nSPS) is 11.4. The van der Waals surface area contributed by atoms with E-state index >= 15 is 0 Å². The summed E-state index contributed by atoms with van der Waals surface area (Å²) >= 11 is 0. The van der Waals surface area contributed by atoms with Gasteiger partial charge < -0.3 is 21.7 Å². The molecule has 2 amide bonds. The number of anilines is 4. The van der Waals surface area contributed by atoms with Gasteiger partial charge in [0.1, 0.15) is 5.82 Å². The average Bonchev–Trinajstić information content (AvgIpc) is 2.72. The Bertz CT molecular complexity index is 1040. The number of amides is 2. The highest BCUT2D eigenvalue weighted by Crippen LogP contribution is 2.21. The Morgan fingerprint density at radius 2 is 1.80 bits per heavy atom. The third kappa shape index (κ3) is 5.54. The molecular weight excluding hydrogens is 380 g/mol. The van der Waals surface area contributed by atoms with Crippen LogP contribution in [-0.4, -0.2) is 28.3 Å². The first-order valence-corrected chi connectivity index (χ1v) is 9.52. The predicted molar refractivity (Wildman–Crippen MR) is 118 cm³/mol. The van der Waals surface area contributed by atoms with Gasteiger partial charge >= 0.3 is 0 Å². The molecule has 1 atom stereocenters. The highest BCUT2D eigenvalue weighted by atomic mass is 16.1. The van der Waals surface area contributed by atoms with Crippen LogP contribution in [0.5, 0.6) is 0 Å². The Kier molecular flexibility index (Phi) is 6.59. The molecule has 0 aliphatic rings. The summed E-state index contributed by atoms with van der Waals surface area (Å²) in [7, 11) is 0. The molecule has 0 aliphatic heterocycles. The summed E-state index contributed by atoms with van der Waals surface area (Å²) in [6, 6.07) is 17.2. The Morgan fingerprint density at radius 1 is 1.07 bits per heavy atom. The Hall–Kier alpha value is -3.94. The highest BCUT2D eigenvalue weighted by molar-refractivity contribution is 5.97. The number of rotatable bonds is 8. The van der Waals surface area contributed by atoms with Gasteiger partial charge in [-0.15, -0.1) is 0 Å². The first-order valence-electron chi connectivity index (χ1n) is 9.52. The summed E-state index contributed by atoms with van der Waals surface area (Å²) in [5.41, 5.74) is 8.21. The molecule has 2 aromatic carbocycles. The number of hydrogen-bond acceptors (Lipinski definition) is 6. The van der Waals surface area contributed by atoms with Gasteiger partial charge in [0, 0.05) is 31.0 Å². The van der Waals surface area contributed by atoms with E-state index in [0.717, 1.165) is 0 Å². The summed E-state index contributed by atoms with van der Waals surface area (Å²) in [4.78, 5) is 31.7. The largest absolute Gasteiger partial charge is 0.369 e. The lowest BCUT2D eigenvalue weighted by atomic mass is 10.0. The smallest absolute Gasteiger partial charge is 0.254 e. The lowest BCUT2D eigenvalue weighted by Gasteiger charge is -2.16. The second-order valence-electron chi connectivity index (χ2n) is 6.90. The molecule has 30 heavy (non-hydrogen) atoms. The van der Waals surface area contributed by atoms with Crippen molar-refractivity contribution in [2.45, 2.75) is 19.8 Å². The van der Waals surface area contributed by atoms with Crippen LogP contribution in [0.1, 0.15) is 35.7 Å². The van der Waals surface area contributed by atoms with Crippen LogP contribution in [0.3, 0.4) is 0 Å². The van der Waals surface area contributed by atoms with Gasteiger partial charge in [-0.1, -0.05) is 43.3 Å². The van der Waals surface area contributed by atoms with Crippen molar-refractivity contribution in [3.63, 3.8) is 0 Å². The molecular formula is C22H24N6O2. The average molecular weight is 404 g/mol. The topological polar surface area (TPSA) is 122 Å².